The van der Waals surface area contributed by atoms with Crippen LogP contribution in [0.15, 0.2) is 35.6 Å². The topological polar surface area (TPSA) is 100 Å². The Balaban J connectivity index is 1.92. The highest BCUT2D eigenvalue weighted by Crippen LogP contribution is 2.29. The van der Waals surface area contributed by atoms with Crippen LogP contribution < -0.4 is 20.1 Å². The Hall–Kier alpha value is -3.36. The molecule has 180 valence electrons. The smallest absolute Gasteiger partial charge is 0.352 e. The van der Waals surface area contributed by atoms with Gasteiger partial charge in [0.05, 0.1) is 6.54 Å². The van der Waals surface area contributed by atoms with Crippen LogP contribution in [0.4, 0.5) is 14.6 Å². The van der Waals surface area contributed by atoms with E-state index in [2.05, 4.69) is 16.9 Å². The summed E-state index contributed by atoms with van der Waals surface area (Å²) in [5.41, 5.74) is -1.09. The van der Waals surface area contributed by atoms with Crippen LogP contribution in [0.5, 0.6) is 0 Å². The second-order valence-electron chi connectivity index (χ2n) is 7.58. The van der Waals surface area contributed by atoms with Crippen LogP contribution >= 0.6 is 11.3 Å². The first-order chi connectivity index (χ1) is 16.3. The van der Waals surface area contributed by atoms with E-state index in [1.165, 1.54) is 35.0 Å². The lowest BCUT2D eigenvalue weighted by atomic mass is 10.2. The van der Waals surface area contributed by atoms with Crippen LogP contribution in [0.2, 0.25) is 0 Å². The lowest BCUT2D eigenvalue weighted by Crippen LogP contribution is -2.34. The van der Waals surface area contributed by atoms with E-state index in [0.29, 0.717) is 13.1 Å². The fourth-order valence-electron chi connectivity index (χ4n) is 3.54. The Morgan fingerprint density at radius 2 is 2.15 bits per heavy atom. The van der Waals surface area contributed by atoms with Gasteiger partial charge in [0.2, 0.25) is 0 Å². The summed E-state index contributed by atoms with van der Waals surface area (Å²) in [6, 6.07) is 6.05. The number of nitriles is 1. The highest BCUT2D eigenvalue weighted by molar-refractivity contribution is 7.07. The number of nitrogens with one attached hydrogen (secondary N) is 1. The van der Waals surface area contributed by atoms with E-state index >= 15 is 0 Å². The van der Waals surface area contributed by atoms with E-state index in [0.717, 1.165) is 24.2 Å². The van der Waals surface area contributed by atoms with E-state index in [4.69, 9.17) is 4.74 Å². The summed E-state index contributed by atoms with van der Waals surface area (Å²) in [4.78, 5) is 30.7. The average molecular weight is 490 g/mol. The summed E-state index contributed by atoms with van der Waals surface area (Å²) in [5, 5.41) is 12.2. The molecule has 0 amide bonds. The van der Waals surface area contributed by atoms with Crippen molar-refractivity contribution in [1.29, 1.82) is 5.26 Å². The van der Waals surface area contributed by atoms with Crippen molar-refractivity contribution in [3.63, 3.8) is 0 Å². The Morgan fingerprint density at radius 3 is 2.79 bits per heavy atom. The molecule has 0 atom stereocenters. The van der Waals surface area contributed by atoms with Crippen molar-refractivity contribution < 1.29 is 18.3 Å². The van der Waals surface area contributed by atoms with Crippen molar-refractivity contribution >= 4 is 34.9 Å². The fourth-order valence-corrected chi connectivity index (χ4v) is 4.62. The molecular weight excluding hydrogens is 464 g/mol. The fraction of sp³-hybridized carbons (Fsp3) is 0.391. The molecular formula is C23H25F2N5O3S. The number of carbonyl (C=O) groups excluding carboxylic acids is 1. The first kappa shape index (κ1) is 25.3. The number of alkyl halides is 2. The molecule has 1 aliphatic heterocycles. The van der Waals surface area contributed by atoms with Gasteiger partial charge in [-0.3, -0.25) is 14.3 Å². The first-order valence-corrected chi connectivity index (χ1v) is 11.6. The third kappa shape index (κ3) is 5.76. The number of likely N-dealkylation sites (tertiary alicyclic amines) is 1. The zero-order valence-corrected chi connectivity index (χ0v) is 19.5. The van der Waals surface area contributed by atoms with Gasteiger partial charge < -0.3 is 10.1 Å². The van der Waals surface area contributed by atoms with Crippen molar-refractivity contribution in [2.24, 2.45) is 0 Å². The van der Waals surface area contributed by atoms with E-state index < -0.39 is 24.0 Å². The third-order valence-corrected chi connectivity index (χ3v) is 6.31. The van der Waals surface area contributed by atoms with Crippen molar-refractivity contribution in [3.8, 4) is 6.07 Å². The molecule has 8 nitrogen and oxygen atoms in total. The highest BCUT2D eigenvalue weighted by atomic mass is 32.1. The maximum atomic E-state index is 14.7. The predicted octanol–water partition coefficient (Wildman–Crippen LogP) is 1.77. The van der Waals surface area contributed by atoms with Gasteiger partial charge in [0.15, 0.2) is 5.57 Å². The Labute approximate surface area is 199 Å². The van der Waals surface area contributed by atoms with Crippen LogP contribution in [-0.2, 0) is 22.0 Å². The monoisotopic (exact) mass is 489 g/mol. The van der Waals surface area contributed by atoms with Crippen LogP contribution in [0, 0.1) is 11.3 Å². The van der Waals surface area contributed by atoms with Crippen molar-refractivity contribution in [1.82, 2.24) is 14.5 Å². The molecule has 0 unspecified atom stereocenters. The zero-order chi connectivity index (χ0) is 24.7. The van der Waals surface area contributed by atoms with Gasteiger partial charge >= 0.3 is 11.9 Å². The third-order valence-electron chi connectivity index (χ3n) is 5.18. The molecule has 1 aliphatic rings. The minimum atomic E-state index is -3.12. The number of halogens is 2. The molecule has 0 spiro atoms. The van der Waals surface area contributed by atoms with Gasteiger partial charge in [0, 0.05) is 12.7 Å². The lowest BCUT2D eigenvalue weighted by Gasteiger charge is -2.22. The summed E-state index contributed by atoms with van der Waals surface area (Å²) in [6.45, 7) is 6.20. The van der Waals surface area contributed by atoms with Crippen molar-refractivity contribution in [2.75, 3.05) is 31.6 Å². The van der Waals surface area contributed by atoms with Gasteiger partial charge in [0.1, 0.15) is 33.4 Å². The van der Waals surface area contributed by atoms with Gasteiger partial charge in [-0.1, -0.05) is 18.7 Å². The largest absolute Gasteiger partial charge is 0.457 e. The highest BCUT2D eigenvalue weighted by Gasteiger charge is 2.36. The number of nitrogens with zero attached hydrogens (tertiary/aromatic N) is 4. The summed E-state index contributed by atoms with van der Waals surface area (Å²) >= 11 is 0.919. The molecule has 0 aromatic carbocycles. The van der Waals surface area contributed by atoms with Gasteiger partial charge in [0.25, 0.3) is 5.56 Å². The van der Waals surface area contributed by atoms with Gasteiger partial charge in [-0.25, -0.2) is 9.78 Å². The van der Waals surface area contributed by atoms with E-state index in [9.17, 15) is 23.6 Å². The van der Waals surface area contributed by atoms with Crippen LogP contribution in [0.1, 0.15) is 25.5 Å². The molecule has 0 bridgehead atoms. The maximum Gasteiger partial charge on any atom is 0.352 e. The second kappa shape index (κ2) is 11.2. The second-order valence-corrected chi connectivity index (χ2v) is 8.61. The number of thiazole rings is 1. The minimum absolute atomic E-state index is 0.0727. The van der Waals surface area contributed by atoms with Gasteiger partial charge in [-0.05, 0) is 45.0 Å². The molecule has 0 aliphatic carbocycles. The van der Waals surface area contributed by atoms with E-state index in [1.54, 1.807) is 17.9 Å². The number of ether oxygens (including phenoxy) is 1. The molecule has 2 aromatic rings. The van der Waals surface area contributed by atoms with Gasteiger partial charge in [-0.15, -0.1) is 11.3 Å². The van der Waals surface area contributed by atoms with Crippen LogP contribution in [0.3, 0.4) is 0 Å². The number of rotatable bonds is 9. The predicted molar refractivity (Wildman–Crippen MR) is 126 cm³/mol. The molecule has 3 rings (SSSR count). The first-order valence-electron chi connectivity index (χ1n) is 10.8. The Kier molecular flexibility index (Phi) is 8.31. The molecule has 11 heteroatoms. The molecule has 1 fully saturated rings. The number of hydrogen-bond acceptors (Lipinski definition) is 8. The molecule has 34 heavy (non-hydrogen) atoms. The van der Waals surface area contributed by atoms with Crippen LogP contribution in [-0.4, -0.2) is 46.7 Å². The number of esters is 1. The van der Waals surface area contributed by atoms with E-state index in [1.807, 2.05) is 0 Å². The number of carbonyl (C=O) groups is 1. The number of hydrogen-bond donors (Lipinski definition) is 1. The number of pyridine rings is 1. The Bertz CT molecular complexity index is 1270. The lowest BCUT2D eigenvalue weighted by molar-refractivity contribution is -0.135. The van der Waals surface area contributed by atoms with Crippen LogP contribution in [0.25, 0.3) is 11.8 Å². The minimum Gasteiger partial charge on any atom is -0.457 e. The average Bonchev–Trinajstić information content (AvgIpc) is 3.44. The number of aromatic nitrogens is 2. The summed E-state index contributed by atoms with van der Waals surface area (Å²) < 4.78 is 36.0. The van der Waals surface area contributed by atoms with E-state index in [-0.39, 0.29) is 39.4 Å². The maximum absolute atomic E-state index is 14.7. The van der Waals surface area contributed by atoms with Crippen molar-refractivity contribution in [2.45, 2.75) is 32.2 Å². The molecule has 1 saturated heterocycles. The normalized spacial score (nSPS) is 15.6. The van der Waals surface area contributed by atoms with Gasteiger partial charge in [-0.2, -0.15) is 14.0 Å². The SMILES string of the molecule is C=CCOC(=O)C(C#N)=c1sc(=CNc2cccc(C(F)(F)CN3CCCC3)n2)c(=O)n1CC. The molecule has 1 N–H and O–H groups in total. The standard InChI is InChI=1S/C23H25F2N5O3S/c1-3-12-33-22(32)16(13-26)21-30(4-2)20(31)17(34-21)14-27-19-9-7-8-18(28-19)23(24,25)15-29-10-5-6-11-29/h3,7-9,14H,1,4-6,10-12,15H2,2H3,(H,27,28). The Morgan fingerprint density at radius 1 is 1.41 bits per heavy atom. The molecule has 2 aromatic heterocycles. The number of anilines is 1. The molecule has 0 radical (unpaired) electrons. The quantitative estimate of drug-likeness (QED) is 0.423. The summed E-state index contributed by atoms with van der Waals surface area (Å²) in [6.07, 6.45) is 4.52. The zero-order valence-electron chi connectivity index (χ0n) is 18.7. The summed E-state index contributed by atoms with van der Waals surface area (Å²) in [5.74, 6) is -3.83. The van der Waals surface area contributed by atoms with Crippen molar-refractivity contribution in [3.05, 3.63) is 56.1 Å². The molecule has 3 heterocycles. The summed E-state index contributed by atoms with van der Waals surface area (Å²) in [7, 11) is 0. The molecule has 0 saturated carbocycles.